The van der Waals surface area contributed by atoms with Crippen LogP contribution in [0, 0.1) is 5.95 Å². The highest BCUT2D eigenvalue weighted by Crippen LogP contribution is 2.41. The van der Waals surface area contributed by atoms with Crippen molar-refractivity contribution in [3.8, 4) is 17.2 Å². The van der Waals surface area contributed by atoms with Gasteiger partial charge in [-0.3, -0.25) is 0 Å². The highest BCUT2D eigenvalue weighted by atomic mass is 19.1. The smallest absolute Gasteiger partial charge is 0.214 e. The largest absolute Gasteiger partial charge is 0.496 e. The molecule has 3 rings (SSSR count). The summed E-state index contributed by atoms with van der Waals surface area (Å²) in [6.07, 6.45) is 2.88. The number of anilines is 1. The molecule has 0 spiro atoms. The Labute approximate surface area is 146 Å². The summed E-state index contributed by atoms with van der Waals surface area (Å²) in [6.45, 7) is 1.38. The minimum absolute atomic E-state index is 0.467. The monoisotopic (exact) mass is 344 g/mol. The number of benzene rings is 1. The van der Waals surface area contributed by atoms with Crippen LogP contribution in [-0.2, 0) is 0 Å². The fourth-order valence-electron chi connectivity index (χ4n) is 3.00. The molecule has 2 heterocycles. The zero-order valence-corrected chi connectivity index (χ0v) is 14.6. The summed E-state index contributed by atoms with van der Waals surface area (Å²) >= 11 is 0. The summed E-state index contributed by atoms with van der Waals surface area (Å²) < 4.78 is 29.7. The zero-order chi connectivity index (χ0) is 17.8. The Kier molecular flexibility index (Phi) is 5.07. The number of nitrogens with zero attached hydrogens (tertiary/aromatic N) is 2. The van der Waals surface area contributed by atoms with Crippen LogP contribution in [-0.4, -0.2) is 39.4 Å². The van der Waals surface area contributed by atoms with E-state index in [9.17, 15) is 4.39 Å². The topological polar surface area (TPSA) is 43.8 Å². The minimum Gasteiger partial charge on any atom is -0.496 e. The molecule has 6 heteroatoms. The molecule has 0 bridgehead atoms. The molecule has 1 aliphatic rings. The van der Waals surface area contributed by atoms with E-state index in [2.05, 4.69) is 11.1 Å². The lowest BCUT2D eigenvalue weighted by molar-refractivity contribution is 0.373. The van der Waals surface area contributed by atoms with Gasteiger partial charge in [-0.2, -0.15) is 4.39 Å². The zero-order valence-electron chi connectivity index (χ0n) is 14.6. The molecule has 1 aromatic heterocycles. The van der Waals surface area contributed by atoms with Gasteiger partial charge in [0.1, 0.15) is 23.1 Å². The van der Waals surface area contributed by atoms with Crippen molar-refractivity contribution in [1.82, 2.24) is 4.98 Å². The normalized spacial score (nSPS) is 14.1. The van der Waals surface area contributed by atoms with Crippen molar-refractivity contribution in [3.05, 3.63) is 47.9 Å². The lowest BCUT2D eigenvalue weighted by Gasteiger charge is -2.28. The van der Waals surface area contributed by atoms with Crippen molar-refractivity contribution >= 4 is 11.4 Å². The van der Waals surface area contributed by atoms with Crippen molar-refractivity contribution in [2.75, 3.05) is 39.3 Å². The predicted molar refractivity (Wildman–Crippen MR) is 95.1 cm³/mol. The van der Waals surface area contributed by atoms with Crippen LogP contribution in [0.3, 0.4) is 0 Å². The van der Waals surface area contributed by atoms with E-state index in [1.54, 1.807) is 27.4 Å². The molecule has 1 aliphatic heterocycles. The van der Waals surface area contributed by atoms with E-state index in [0.29, 0.717) is 29.6 Å². The molecule has 0 aliphatic carbocycles. The third-order valence-corrected chi connectivity index (χ3v) is 4.27. The second-order valence-corrected chi connectivity index (χ2v) is 5.65. The predicted octanol–water partition coefficient (Wildman–Crippen LogP) is 3.54. The maximum absolute atomic E-state index is 13.3. The van der Waals surface area contributed by atoms with E-state index in [4.69, 9.17) is 14.2 Å². The van der Waals surface area contributed by atoms with Crippen molar-refractivity contribution in [3.63, 3.8) is 0 Å². The first kappa shape index (κ1) is 17.1. The molecular weight excluding hydrogens is 323 g/mol. The number of ether oxygens (including phenoxy) is 3. The molecule has 0 unspecified atom stereocenters. The average molecular weight is 344 g/mol. The van der Waals surface area contributed by atoms with Gasteiger partial charge in [-0.25, -0.2) is 4.98 Å². The molecule has 0 saturated heterocycles. The quantitative estimate of drug-likeness (QED) is 0.776. The second kappa shape index (κ2) is 7.42. The number of rotatable bonds is 5. The standard InChI is InChI=1S/C19H21FN2O3/c1-23-14-11-15(24-2)19(16(12-14)25-3)13-7-9-22(10-8-13)18-6-4-5-17(20)21-18/h4-7,11-12H,8-10H2,1-3H3. The van der Waals surface area contributed by atoms with Crippen LogP contribution in [0.25, 0.3) is 5.57 Å². The maximum Gasteiger partial charge on any atom is 0.214 e. The number of halogens is 1. The first-order valence-electron chi connectivity index (χ1n) is 8.03. The van der Waals surface area contributed by atoms with Crippen LogP contribution < -0.4 is 19.1 Å². The lowest BCUT2D eigenvalue weighted by Crippen LogP contribution is -2.29. The Morgan fingerprint density at radius 1 is 1.04 bits per heavy atom. The van der Waals surface area contributed by atoms with Gasteiger partial charge in [-0.15, -0.1) is 0 Å². The van der Waals surface area contributed by atoms with Gasteiger partial charge >= 0.3 is 0 Å². The number of hydrogen-bond acceptors (Lipinski definition) is 5. The van der Waals surface area contributed by atoms with Crippen LogP contribution in [0.2, 0.25) is 0 Å². The van der Waals surface area contributed by atoms with Crippen LogP contribution in [0.1, 0.15) is 12.0 Å². The van der Waals surface area contributed by atoms with Gasteiger partial charge in [-0.1, -0.05) is 12.1 Å². The van der Waals surface area contributed by atoms with E-state index >= 15 is 0 Å². The molecule has 0 N–H and O–H groups in total. The highest BCUT2D eigenvalue weighted by Gasteiger charge is 2.21. The number of hydrogen-bond donors (Lipinski definition) is 0. The number of methoxy groups -OCH3 is 3. The van der Waals surface area contributed by atoms with Crippen molar-refractivity contribution in [1.29, 1.82) is 0 Å². The maximum atomic E-state index is 13.3. The minimum atomic E-state index is -0.467. The molecule has 0 radical (unpaired) electrons. The molecule has 5 nitrogen and oxygen atoms in total. The SMILES string of the molecule is COc1cc(OC)c(C2=CCN(c3cccc(F)n3)CC2)c(OC)c1. The Morgan fingerprint density at radius 2 is 1.76 bits per heavy atom. The van der Waals surface area contributed by atoms with Crippen LogP contribution in [0.15, 0.2) is 36.4 Å². The third-order valence-electron chi connectivity index (χ3n) is 4.27. The third kappa shape index (κ3) is 3.52. The summed E-state index contributed by atoms with van der Waals surface area (Å²) in [6, 6.07) is 8.53. The first-order chi connectivity index (χ1) is 12.2. The van der Waals surface area contributed by atoms with E-state index < -0.39 is 5.95 Å². The van der Waals surface area contributed by atoms with E-state index in [1.807, 2.05) is 23.1 Å². The fourth-order valence-corrected chi connectivity index (χ4v) is 3.00. The second-order valence-electron chi connectivity index (χ2n) is 5.65. The van der Waals surface area contributed by atoms with Gasteiger partial charge < -0.3 is 19.1 Å². The van der Waals surface area contributed by atoms with Gasteiger partial charge in [0.15, 0.2) is 0 Å². The Morgan fingerprint density at radius 3 is 2.28 bits per heavy atom. The lowest BCUT2D eigenvalue weighted by atomic mass is 9.97. The molecular formula is C19H21FN2O3. The summed E-state index contributed by atoms with van der Waals surface area (Å²) in [7, 11) is 4.87. The Balaban J connectivity index is 1.91. The summed E-state index contributed by atoms with van der Waals surface area (Å²) in [5, 5.41) is 0. The fraction of sp³-hybridized carbons (Fsp3) is 0.316. The molecule has 0 atom stereocenters. The van der Waals surface area contributed by atoms with E-state index in [-0.39, 0.29) is 0 Å². The summed E-state index contributed by atoms with van der Waals surface area (Å²) in [5.41, 5.74) is 2.06. The molecule has 0 fully saturated rings. The first-order valence-corrected chi connectivity index (χ1v) is 8.03. The molecule has 132 valence electrons. The van der Waals surface area contributed by atoms with Gasteiger partial charge in [0, 0.05) is 25.2 Å². The van der Waals surface area contributed by atoms with E-state index in [1.165, 1.54) is 6.07 Å². The highest BCUT2D eigenvalue weighted by molar-refractivity contribution is 5.78. The molecule has 25 heavy (non-hydrogen) atoms. The molecule has 0 amide bonds. The Hall–Kier alpha value is -2.76. The molecule has 1 aromatic carbocycles. The van der Waals surface area contributed by atoms with Gasteiger partial charge in [0.05, 0.1) is 26.9 Å². The average Bonchev–Trinajstić information content (AvgIpc) is 2.67. The van der Waals surface area contributed by atoms with Gasteiger partial charge in [0.25, 0.3) is 0 Å². The van der Waals surface area contributed by atoms with Crippen LogP contribution in [0.5, 0.6) is 17.2 Å². The molecule has 0 saturated carbocycles. The Bertz CT molecular complexity index is 767. The van der Waals surface area contributed by atoms with Crippen molar-refractivity contribution in [2.24, 2.45) is 0 Å². The number of pyridine rings is 1. The molecule has 2 aromatic rings. The number of aromatic nitrogens is 1. The summed E-state index contributed by atoms with van der Waals surface area (Å²) in [5.74, 6) is 2.27. The summed E-state index contributed by atoms with van der Waals surface area (Å²) in [4.78, 5) is 5.99. The van der Waals surface area contributed by atoms with Crippen molar-refractivity contribution < 1.29 is 18.6 Å². The van der Waals surface area contributed by atoms with Crippen molar-refractivity contribution in [2.45, 2.75) is 6.42 Å². The van der Waals surface area contributed by atoms with Gasteiger partial charge in [0.2, 0.25) is 5.95 Å². The van der Waals surface area contributed by atoms with Gasteiger partial charge in [-0.05, 0) is 24.1 Å². The van der Waals surface area contributed by atoms with Crippen LogP contribution >= 0.6 is 0 Å². The van der Waals surface area contributed by atoms with Crippen LogP contribution in [0.4, 0.5) is 10.2 Å². The van der Waals surface area contributed by atoms with E-state index in [0.717, 1.165) is 24.1 Å².